The summed E-state index contributed by atoms with van der Waals surface area (Å²) in [5, 5.41) is 21.1. The van der Waals surface area contributed by atoms with E-state index in [0.717, 1.165) is 0 Å². The molecule has 170 valence electrons. The average molecular weight is 441 g/mol. The molecular weight excluding hydrogens is 414 g/mol. The first kappa shape index (κ1) is 23.1. The minimum Gasteiger partial charge on any atom is -0.507 e. The number of aromatic hydroxyl groups is 1. The summed E-state index contributed by atoms with van der Waals surface area (Å²) in [6.07, 6.45) is 0.509. The zero-order valence-corrected chi connectivity index (χ0v) is 18.3. The van der Waals surface area contributed by atoms with E-state index in [1.54, 1.807) is 43.5 Å². The number of likely N-dealkylation sites (tertiary alicyclic amines) is 1. The first-order valence-corrected chi connectivity index (χ1v) is 10.3. The lowest BCUT2D eigenvalue weighted by atomic mass is 9.95. The Balaban J connectivity index is 2.15. The second kappa shape index (κ2) is 10.2. The fraction of sp³-hybridized carbons (Fsp3) is 0.333. The number of aliphatic hydroxyl groups excluding tert-OH is 1. The second-order valence-electron chi connectivity index (χ2n) is 7.23. The van der Waals surface area contributed by atoms with Gasteiger partial charge in [0.1, 0.15) is 11.5 Å². The van der Waals surface area contributed by atoms with Crippen molar-refractivity contribution in [3.63, 3.8) is 0 Å². The van der Waals surface area contributed by atoms with E-state index in [0.29, 0.717) is 36.5 Å². The van der Waals surface area contributed by atoms with Crippen LogP contribution in [0.4, 0.5) is 0 Å². The number of methoxy groups -OCH3 is 2. The summed E-state index contributed by atoms with van der Waals surface area (Å²) in [5.74, 6) is -1.12. The highest BCUT2D eigenvalue weighted by Crippen LogP contribution is 2.42. The monoisotopic (exact) mass is 441 g/mol. The van der Waals surface area contributed by atoms with Crippen LogP contribution in [-0.4, -0.2) is 60.8 Å². The summed E-state index contributed by atoms with van der Waals surface area (Å²) in [6.45, 7) is 2.95. The summed E-state index contributed by atoms with van der Waals surface area (Å²) >= 11 is 0. The van der Waals surface area contributed by atoms with Gasteiger partial charge in [0.2, 0.25) is 0 Å². The maximum atomic E-state index is 13.0. The molecule has 1 amide bonds. The van der Waals surface area contributed by atoms with Crippen LogP contribution in [0.5, 0.6) is 17.2 Å². The number of rotatable bonds is 9. The lowest BCUT2D eigenvalue weighted by Gasteiger charge is -2.25. The first-order chi connectivity index (χ1) is 15.4. The van der Waals surface area contributed by atoms with Gasteiger partial charge in [-0.15, -0.1) is 0 Å². The van der Waals surface area contributed by atoms with E-state index in [-0.39, 0.29) is 29.4 Å². The van der Waals surface area contributed by atoms with Gasteiger partial charge in [-0.05, 0) is 43.2 Å². The van der Waals surface area contributed by atoms with Crippen LogP contribution >= 0.6 is 0 Å². The van der Waals surface area contributed by atoms with Crippen molar-refractivity contribution in [3.8, 4) is 17.2 Å². The highest BCUT2D eigenvalue weighted by Gasteiger charge is 2.46. The molecule has 8 heteroatoms. The SMILES string of the molecule is CCOc1cccc(C(O)=C2C(=O)C(=O)N(CCCOC)C2c2ccc(O)c(OC)c2)c1. The van der Waals surface area contributed by atoms with Gasteiger partial charge >= 0.3 is 0 Å². The van der Waals surface area contributed by atoms with Crippen molar-refractivity contribution in [3.05, 3.63) is 59.2 Å². The molecule has 0 radical (unpaired) electrons. The lowest BCUT2D eigenvalue weighted by molar-refractivity contribution is -0.140. The predicted octanol–water partition coefficient (Wildman–Crippen LogP) is 3.26. The standard InChI is InChI=1S/C24H27NO7/c1-4-32-17-8-5-7-16(13-17)22(27)20-21(15-9-10-18(26)19(14-15)31-3)25(11-6-12-30-2)24(29)23(20)28/h5,7-10,13-14,21,26-27H,4,6,11-12H2,1-3H3. The van der Waals surface area contributed by atoms with Gasteiger partial charge in [0.15, 0.2) is 11.5 Å². The molecule has 1 heterocycles. The minimum atomic E-state index is -0.850. The summed E-state index contributed by atoms with van der Waals surface area (Å²) in [5.41, 5.74) is 0.856. The summed E-state index contributed by atoms with van der Waals surface area (Å²) < 4.78 is 15.8. The number of carbonyl (C=O) groups is 2. The summed E-state index contributed by atoms with van der Waals surface area (Å²) in [6, 6.07) is 10.4. The smallest absolute Gasteiger partial charge is 0.295 e. The Morgan fingerprint density at radius 2 is 1.91 bits per heavy atom. The van der Waals surface area contributed by atoms with E-state index >= 15 is 0 Å². The Morgan fingerprint density at radius 3 is 2.59 bits per heavy atom. The fourth-order valence-electron chi connectivity index (χ4n) is 3.76. The molecule has 1 aliphatic heterocycles. The second-order valence-corrected chi connectivity index (χ2v) is 7.23. The maximum absolute atomic E-state index is 13.0. The number of phenols is 1. The molecule has 0 bridgehead atoms. The van der Waals surface area contributed by atoms with E-state index in [9.17, 15) is 19.8 Å². The van der Waals surface area contributed by atoms with Gasteiger partial charge in [0.25, 0.3) is 11.7 Å². The normalized spacial score (nSPS) is 17.6. The van der Waals surface area contributed by atoms with E-state index in [1.165, 1.54) is 18.1 Å². The minimum absolute atomic E-state index is 0.0335. The number of hydrogen-bond donors (Lipinski definition) is 2. The van der Waals surface area contributed by atoms with Gasteiger partial charge in [0, 0.05) is 25.8 Å². The quantitative estimate of drug-likeness (QED) is 0.266. The lowest BCUT2D eigenvalue weighted by Crippen LogP contribution is -2.31. The van der Waals surface area contributed by atoms with Gasteiger partial charge in [-0.25, -0.2) is 0 Å². The van der Waals surface area contributed by atoms with Crippen molar-refractivity contribution in [2.75, 3.05) is 34.0 Å². The summed E-state index contributed by atoms with van der Waals surface area (Å²) in [4.78, 5) is 27.3. The Bertz CT molecular complexity index is 1030. The Morgan fingerprint density at radius 1 is 1.12 bits per heavy atom. The van der Waals surface area contributed by atoms with Gasteiger partial charge < -0.3 is 29.3 Å². The van der Waals surface area contributed by atoms with E-state index in [2.05, 4.69) is 0 Å². The third-order valence-corrected chi connectivity index (χ3v) is 5.23. The molecule has 1 saturated heterocycles. The van der Waals surface area contributed by atoms with Gasteiger partial charge in [-0.2, -0.15) is 0 Å². The van der Waals surface area contributed by atoms with Crippen molar-refractivity contribution in [2.45, 2.75) is 19.4 Å². The van der Waals surface area contributed by atoms with E-state index in [1.807, 2.05) is 6.92 Å². The average Bonchev–Trinajstić information content (AvgIpc) is 3.04. The Hall–Kier alpha value is -3.52. The molecule has 1 unspecified atom stereocenters. The molecule has 1 atom stereocenters. The number of ketones is 1. The highest BCUT2D eigenvalue weighted by atomic mass is 16.5. The van der Waals surface area contributed by atoms with Crippen LogP contribution in [0, 0.1) is 0 Å². The number of phenolic OH excluding ortho intramolecular Hbond substituents is 1. The van der Waals surface area contributed by atoms with Crippen molar-refractivity contribution in [1.82, 2.24) is 4.90 Å². The zero-order chi connectivity index (χ0) is 23.3. The molecule has 1 fully saturated rings. The number of amides is 1. The van der Waals surface area contributed by atoms with Crippen LogP contribution in [0.3, 0.4) is 0 Å². The number of Topliss-reactive ketones (excluding diaryl/α,β-unsaturated/α-hetero) is 1. The van der Waals surface area contributed by atoms with Crippen LogP contribution in [0.1, 0.15) is 30.5 Å². The van der Waals surface area contributed by atoms with E-state index < -0.39 is 17.7 Å². The molecule has 2 aromatic carbocycles. The molecule has 32 heavy (non-hydrogen) atoms. The molecule has 0 spiro atoms. The van der Waals surface area contributed by atoms with Gasteiger partial charge in [0.05, 0.1) is 25.3 Å². The van der Waals surface area contributed by atoms with Crippen molar-refractivity contribution >= 4 is 17.4 Å². The number of hydrogen-bond acceptors (Lipinski definition) is 7. The van der Waals surface area contributed by atoms with E-state index in [4.69, 9.17) is 14.2 Å². The predicted molar refractivity (Wildman–Crippen MR) is 118 cm³/mol. The van der Waals surface area contributed by atoms with Gasteiger partial charge in [-0.3, -0.25) is 9.59 Å². The number of aliphatic hydroxyl groups is 1. The third kappa shape index (κ3) is 4.55. The molecule has 8 nitrogen and oxygen atoms in total. The molecule has 0 saturated carbocycles. The maximum Gasteiger partial charge on any atom is 0.295 e. The molecule has 2 aromatic rings. The third-order valence-electron chi connectivity index (χ3n) is 5.23. The molecular formula is C24H27NO7. The zero-order valence-electron chi connectivity index (χ0n) is 18.3. The van der Waals surface area contributed by atoms with Crippen LogP contribution in [-0.2, 0) is 14.3 Å². The molecule has 3 rings (SSSR count). The van der Waals surface area contributed by atoms with Crippen LogP contribution in [0.2, 0.25) is 0 Å². The van der Waals surface area contributed by atoms with Crippen LogP contribution in [0.25, 0.3) is 5.76 Å². The highest BCUT2D eigenvalue weighted by molar-refractivity contribution is 6.46. The topological polar surface area (TPSA) is 106 Å². The number of benzene rings is 2. The largest absolute Gasteiger partial charge is 0.507 e. The number of ether oxygens (including phenoxy) is 3. The van der Waals surface area contributed by atoms with Gasteiger partial charge in [-0.1, -0.05) is 18.2 Å². The molecule has 2 N–H and O–H groups in total. The Labute approximate surface area is 186 Å². The van der Waals surface area contributed by atoms with Crippen LogP contribution in [0.15, 0.2) is 48.0 Å². The van der Waals surface area contributed by atoms with Crippen molar-refractivity contribution < 1.29 is 34.0 Å². The van der Waals surface area contributed by atoms with Crippen LogP contribution < -0.4 is 9.47 Å². The first-order valence-electron chi connectivity index (χ1n) is 10.3. The number of nitrogens with zero attached hydrogens (tertiary/aromatic N) is 1. The molecule has 1 aliphatic rings. The molecule has 0 aliphatic carbocycles. The number of carbonyl (C=O) groups excluding carboxylic acids is 2. The molecule has 0 aromatic heterocycles. The Kier molecular flexibility index (Phi) is 7.37. The van der Waals surface area contributed by atoms with Crippen molar-refractivity contribution in [1.29, 1.82) is 0 Å². The fourth-order valence-corrected chi connectivity index (χ4v) is 3.76. The van der Waals surface area contributed by atoms with Crippen molar-refractivity contribution in [2.24, 2.45) is 0 Å². The summed E-state index contributed by atoms with van der Waals surface area (Å²) in [7, 11) is 2.97.